The Balaban J connectivity index is 1.63. The van der Waals surface area contributed by atoms with Crippen LogP contribution in [0.4, 0.5) is 13.2 Å². The van der Waals surface area contributed by atoms with Gasteiger partial charge in [0.25, 0.3) is 0 Å². The van der Waals surface area contributed by atoms with Crippen LogP contribution < -0.4 is 4.74 Å². The van der Waals surface area contributed by atoms with Crippen LogP contribution >= 0.6 is 0 Å². The van der Waals surface area contributed by atoms with Crippen LogP contribution in [0.5, 0.6) is 5.88 Å². The van der Waals surface area contributed by atoms with Crippen LogP contribution in [0.25, 0.3) is 0 Å². The first-order chi connectivity index (χ1) is 10.5. The van der Waals surface area contributed by atoms with Crippen molar-refractivity contribution in [3.8, 4) is 5.88 Å². The number of nitrogens with zero attached hydrogens (tertiary/aromatic N) is 1. The fraction of sp³-hybridized carbons (Fsp3) is 0.667. The van der Waals surface area contributed by atoms with Crippen LogP contribution in [-0.2, 0) is 9.31 Å². The van der Waals surface area contributed by atoms with Gasteiger partial charge in [0, 0.05) is 18.1 Å². The molecule has 1 saturated carbocycles. The summed E-state index contributed by atoms with van der Waals surface area (Å²) < 4.78 is 52.2. The summed E-state index contributed by atoms with van der Waals surface area (Å²) in [7, 11) is -0.295. The molecule has 0 N–H and O–H groups in total. The zero-order valence-electron chi connectivity index (χ0n) is 13.5. The molecule has 2 heterocycles. The predicted octanol–water partition coefficient (Wildman–Crippen LogP) is 3.93. The Morgan fingerprint density at radius 1 is 1.17 bits per heavy atom. The average molecular weight is 329 g/mol. The van der Waals surface area contributed by atoms with E-state index in [2.05, 4.69) is 9.72 Å². The van der Waals surface area contributed by atoms with Crippen molar-refractivity contribution in [1.29, 1.82) is 0 Å². The van der Waals surface area contributed by atoms with Gasteiger partial charge in [-0.25, -0.2) is 4.98 Å². The first-order valence-corrected chi connectivity index (χ1v) is 7.56. The van der Waals surface area contributed by atoms with Gasteiger partial charge in [0.15, 0.2) is 0 Å². The SMILES string of the molecule is CC1(C)OB([C@H]2C[C@@H]2c2ccc(OC(F)(F)F)nc2)OC1(C)C. The molecule has 1 aromatic rings. The summed E-state index contributed by atoms with van der Waals surface area (Å²) in [5.74, 6) is -0.0570. The van der Waals surface area contributed by atoms with Crippen molar-refractivity contribution in [1.82, 2.24) is 4.98 Å². The molecular weight excluding hydrogens is 310 g/mol. The summed E-state index contributed by atoms with van der Waals surface area (Å²) in [5.41, 5.74) is 0.111. The van der Waals surface area contributed by atoms with Crippen molar-refractivity contribution >= 4 is 7.12 Å². The van der Waals surface area contributed by atoms with Crippen LogP contribution in [0, 0.1) is 0 Å². The normalized spacial score (nSPS) is 28.7. The molecule has 2 aliphatic rings. The van der Waals surface area contributed by atoms with E-state index >= 15 is 0 Å². The van der Waals surface area contributed by atoms with E-state index in [1.165, 1.54) is 12.3 Å². The molecule has 0 radical (unpaired) electrons. The summed E-state index contributed by atoms with van der Waals surface area (Å²) in [6.45, 7) is 7.98. The number of aromatic nitrogens is 1. The van der Waals surface area contributed by atoms with Crippen molar-refractivity contribution in [2.45, 2.75) is 63.4 Å². The first kappa shape index (κ1) is 16.6. The van der Waals surface area contributed by atoms with Crippen LogP contribution in [0.2, 0.25) is 5.82 Å². The maximum atomic E-state index is 12.1. The third-order valence-corrected chi connectivity index (χ3v) is 4.87. The number of alkyl halides is 3. The molecule has 126 valence electrons. The molecule has 1 aromatic heterocycles. The highest BCUT2D eigenvalue weighted by Gasteiger charge is 2.59. The molecule has 2 fully saturated rings. The van der Waals surface area contributed by atoms with Crippen LogP contribution in [-0.4, -0.2) is 29.7 Å². The second-order valence-electron chi connectivity index (χ2n) is 7.11. The van der Waals surface area contributed by atoms with E-state index in [-0.39, 0.29) is 30.1 Å². The second kappa shape index (κ2) is 5.11. The highest BCUT2D eigenvalue weighted by molar-refractivity contribution is 6.49. The van der Waals surface area contributed by atoms with Gasteiger partial charge in [0.1, 0.15) is 0 Å². The molecule has 8 heteroatoms. The fourth-order valence-electron chi connectivity index (χ4n) is 2.75. The maximum Gasteiger partial charge on any atom is 0.574 e. The molecule has 0 spiro atoms. The molecule has 4 nitrogen and oxygen atoms in total. The summed E-state index contributed by atoms with van der Waals surface area (Å²) in [6, 6.07) is 2.85. The highest BCUT2D eigenvalue weighted by atomic mass is 19.4. The Bertz CT molecular complexity index is 573. The van der Waals surface area contributed by atoms with Gasteiger partial charge >= 0.3 is 13.5 Å². The molecule has 1 aliphatic carbocycles. The molecule has 3 rings (SSSR count). The molecule has 1 aliphatic heterocycles. The molecule has 0 amide bonds. The second-order valence-corrected chi connectivity index (χ2v) is 7.11. The number of ether oxygens (including phenoxy) is 1. The van der Waals surface area contributed by atoms with Crippen molar-refractivity contribution in [2.24, 2.45) is 0 Å². The Hall–Kier alpha value is -1.28. The third-order valence-electron chi connectivity index (χ3n) is 4.87. The summed E-state index contributed by atoms with van der Waals surface area (Å²) in [4.78, 5) is 3.72. The van der Waals surface area contributed by atoms with Gasteiger partial charge in [-0.05, 0) is 45.6 Å². The maximum absolute atomic E-state index is 12.1. The van der Waals surface area contributed by atoms with Gasteiger partial charge in [-0.15, -0.1) is 13.2 Å². The van der Waals surface area contributed by atoms with Crippen LogP contribution in [0.1, 0.15) is 45.6 Å². The van der Waals surface area contributed by atoms with E-state index in [0.717, 1.165) is 12.0 Å². The minimum Gasteiger partial charge on any atom is -0.403 e. The molecule has 23 heavy (non-hydrogen) atoms. The lowest BCUT2D eigenvalue weighted by atomic mass is 9.80. The summed E-state index contributed by atoms with van der Waals surface area (Å²) in [5, 5.41) is 0. The quantitative estimate of drug-likeness (QED) is 0.788. The lowest BCUT2D eigenvalue weighted by Gasteiger charge is -2.32. The predicted molar refractivity (Wildman–Crippen MR) is 78.1 cm³/mol. The van der Waals surface area contributed by atoms with E-state index in [0.29, 0.717) is 0 Å². The standard InChI is InChI=1S/C15H19BF3NO3/c1-13(2)14(3,4)23-16(22-13)11-7-10(11)9-5-6-12(20-8-9)21-15(17,18)19/h5-6,8,10-11H,7H2,1-4H3/t10-,11+/m1/s1. The summed E-state index contributed by atoms with van der Waals surface area (Å²) in [6.07, 6.45) is -2.42. The minimum atomic E-state index is -4.72. The van der Waals surface area contributed by atoms with E-state index in [9.17, 15) is 13.2 Å². The number of hydrogen-bond donors (Lipinski definition) is 0. The van der Waals surface area contributed by atoms with Gasteiger partial charge in [-0.2, -0.15) is 0 Å². The van der Waals surface area contributed by atoms with E-state index < -0.39 is 12.2 Å². The fourth-order valence-corrected chi connectivity index (χ4v) is 2.75. The lowest BCUT2D eigenvalue weighted by Crippen LogP contribution is -2.41. The molecule has 1 saturated heterocycles. The van der Waals surface area contributed by atoms with Gasteiger partial charge in [-0.3, -0.25) is 0 Å². The van der Waals surface area contributed by atoms with Crippen molar-refractivity contribution in [3.63, 3.8) is 0 Å². The number of halogens is 3. The molecule has 0 unspecified atom stereocenters. The van der Waals surface area contributed by atoms with Gasteiger partial charge < -0.3 is 14.0 Å². The number of hydrogen-bond acceptors (Lipinski definition) is 4. The highest BCUT2D eigenvalue weighted by Crippen LogP contribution is 2.58. The minimum absolute atomic E-state index is 0.192. The van der Waals surface area contributed by atoms with Gasteiger partial charge in [-0.1, -0.05) is 6.07 Å². The van der Waals surface area contributed by atoms with E-state index in [4.69, 9.17) is 9.31 Å². The molecule has 2 atom stereocenters. The number of rotatable bonds is 3. The smallest absolute Gasteiger partial charge is 0.403 e. The Morgan fingerprint density at radius 3 is 2.26 bits per heavy atom. The average Bonchev–Trinajstić information content (AvgIpc) is 3.12. The molecule has 0 aromatic carbocycles. The topological polar surface area (TPSA) is 40.6 Å². The van der Waals surface area contributed by atoms with Crippen molar-refractivity contribution in [2.75, 3.05) is 0 Å². The zero-order valence-corrected chi connectivity index (χ0v) is 13.5. The Kier molecular flexibility index (Phi) is 3.68. The van der Waals surface area contributed by atoms with E-state index in [1.807, 2.05) is 27.7 Å². The Morgan fingerprint density at radius 2 is 1.78 bits per heavy atom. The lowest BCUT2D eigenvalue weighted by molar-refractivity contribution is -0.276. The monoisotopic (exact) mass is 329 g/mol. The number of pyridine rings is 1. The van der Waals surface area contributed by atoms with E-state index in [1.54, 1.807) is 6.07 Å². The zero-order chi connectivity index (χ0) is 17.0. The van der Waals surface area contributed by atoms with Crippen LogP contribution in [0.3, 0.4) is 0 Å². The van der Waals surface area contributed by atoms with Crippen LogP contribution in [0.15, 0.2) is 18.3 Å². The molecule has 0 bridgehead atoms. The Labute approximate surface area is 133 Å². The summed E-state index contributed by atoms with van der Waals surface area (Å²) >= 11 is 0. The third kappa shape index (κ3) is 3.33. The van der Waals surface area contributed by atoms with Gasteiger partial charge in [0.05, 0.1) is 11.2 Å². The van der Waals surface area contributed by atoms with Gasteiger partial charge in [0.2, 0.25) is 5.88 Å². The largest absolute Gasteiger partial charge is 0.574 e. The van der Waals surface area contributed by atoms with Crippen molar-refractivity contribution < 1.29 is 27.2 Å². The first-order valence-electron chi connectivity index (χ1n) is 7.56. The van der Waals surface area contributed by atoms with Crippen molar-refractivity contribution in [3.05, 3.63) is 23.9 Å². The molecular formula is C15H19BF3NO3.